The first-order valence-corrected chi connectivity index (χ1v) is 5.27. The van der Waals surface area contributed by atoms with E-state index in [0.717, 1.165) is 6.29 Å². The Balaban J connectivity index is 3.01. The Hall–Kier alpha value is -1.31. The fourth-order valence-electron chi connectivity index (χ4n) is 1.70. The quantitative estimate of drug-likeness (QED) is 0.704. The van der Waals surface area contributed by atoms with E-state index in [4.69, 9.17) is 0 Å². The molecular weight excluding hydrogens is 186 g/mol. The van der Waals surface area contributed by atoms with Crippen molar-refractivity contribution in [2.24, 2.45) is 0 Å². The first-order chi connectivity index (χ1) is 7.06. The summed E-state index contributed by atoms with van der Waals surface area (Å²) in [5, 5.41) is 0. The van der Waals surface area contributed by atoms with E-state index in [1.165, 1.54) is 16.8 Å². The van der Waals surface area contributed by atoms with Gasteiger partial charge in [0.05, 0.1) is 0 Å². The molecule has 1 rings (SSSR count). The van der Waals surface area contributed by atoms with E-state index in [1.807, 2.05) is 14.1 Å². The normalized spacial score (nSPS) is 12.3. The van der Waals surface area contributed by atoms with Gasteiger partial charge >= 0.3 is 0 Å². The highest BCUT2D eigenvalue weighted by Gasteiger charge is 2.08. The molecule has 1 atom stereocenters. The van der Waals surface area contributed by atoms with Gasteiger partial charge in [-0.15, -0.1) is 0 Å². The topological polar surface area (TPSA) is 20.3 Å². The van der Waals surface area contributed by atoms with Crippen molar-refractivity contribution in [3.63, 3.8) is 0 Å². The maximum atomic E-state index is 10.5. The van der Waals surface area contributed by atoms with Gasteiger partial charge in [0.1, 0.15) is 6.29 Å². The van der Waals surface area contributed by atoms with Crippen molar-refractivity contribution in [1.82, 2.24) is 0 Å². The van der Waals surface area contributed by atoms with Crippen LogP contribution in [0.15, 0.2) is 18.2 Å². The predicted molar refractivity (Wildman–Crippen MR) is 64.6 cm³/mol. The maximum absolute atomic E-state index is 10.5. The number of hydrogen-bond acceptors (Lipinski definition) is 2. The summed E-state index contributed by atoms with van der Waals surface area (Å²) < 4.78 is 0. The van der Waals surface area contributed by atoms with Crippen LogP contribution in [-0.4, -0.2) is 20.4 Å². The Morgan fingerprint density at radius 1 is 1.40 bits per heavy atom. The summed E-state index contributed by atoms with van der Waals surface area (Å²) in [6, 6.07) is 6.39. The Morgan fingerprint density at radius 2 is 2.07 bits per heavy atom. The Bertz CT molecular complexity index is 344. The molecule has 0 fully saturated rings. The van der Waals surface area contributed by atoms with E-state index in [9.17, 15) is 4.79 Å². The molecule has 82 valence electrons. The maximum Gasteiger partial charge on any atom is 0.120 e. The van der Waals surface area contributed by atoms with E-state index in [2.05, 4.69) is 36.9 Å². The Morgan fingerprint density at radius 3 is 2.60 bits per heavy atom. The molecule has 0 aromatic heterocycles. The lowest BCUT2D eigenvalue weighted by atomic mass is 9.96. The SMILES string of the molecule is Cc1ccc(C(C)CC=O)cc1N(C)C. The van der Waals surface area contributed by atoms with Gasteiger partial charge in [0.25, 0.3) is 0 Å². The zero-order valence-electron chi connectivity index (χ0n) is 9.95. The summed E-state index contributed by atoms with van der Waals surface area (Å²) in [6.07, 6.45) is 1.58. The molecule has 0 radical (unpaired) electrons. The van der Waals surface area contributed by atoms with Crippen molar-refractivity contribution < 1.29 is 4.79 Å². The highest BCUT2D eigenvalue weighted by atomic mass is 16.1. The molecule has 0 aliphatic carbocycles. The second kappa shape index (κ2) is 4.96. The molecule has 1 aromatic rings. The lowest BCUT2D eigenvalue weighted by Crippen LogP contribution is -2.11. The molecule has 15 heavy (non-hydrogen) atoms. The van der Waals surface area contributed by atoms with E-state index in [1.54, 1.807) is 0 Å². The van der Waals surface area contributed by atoms with Crippen LogP contribution in [0.25, 0.3) is 0 Å². The van der Waals surface area contributed by atoms with Gasteiger partial charge in [-0.3, -0.25) is 0 Å². The predicted octanol–water partition coefficient (Wildman–Crippen LogP) is 2.75. The Labute approximate surface area is 91.9 Å². The lowest BCUT2D eigenvalue weighted by Gasteiger charge is -2.18. The number of carbonyl (C=O) groups excluding carboxylic acids is 1. The molecule has 2 heteroatoms. The minimum Gasteiger partial charge on any atom is -0.377 e. The van der Waals surface area contributed by atoms with Crippen molar-refractivity contribution in [3.05, 3.63) is 29.3 Å². The second-order valence-electron chi connectivity index (χ2n) is 4.24. The number of rotatable bonds is 4. The van der Waals surface area contributed by atoms with Gasteiger partial charge in [0.15, 0.2) is 0 Å². The van der Waals surface area contributed by atoms with Gasteiger partial charge in [-0.25, -0.2) is 0 Å². The van der Waals surface area contributed by atoms with Crippen molar-refractivity contribution in [2.45, 2.75) is 26.2 Å². The van der Waals surface area contributed by atoms with Gasteiger partial charge in [-0.1, -0.05) is 19.1 Å². The van der Waals surface area contributed by atoms with Crippen molar-refractivity contribution >= 4 is 12.0 Å². The minimum atomic E-state index is 0.307. The molecule has 1 aromatic carbocycles. The number of carbonyl (C=O) groups is 1. The van der Waals surface area contributed by atoms with E-state index < -0.39 is 0 Å². The zero-order chi connectivity index (χ0) is 11.4. The average Bonchev–Trinajstić information content (AvgIpc) is 2.18. The smallest absolute Gasteiger partial charge is 0.120 e. The fourth-order valence-corrected chi connectivity index (χ4v) is 1.70. The Kier molecular flexibility index (Phi) is 3.89. The highest BCUT2D eigenvalue weighted by Crippen LogP contribution is 2.25. The third-order valence-electron chi connectivity index (χ3n) is 2.73. The van der Waals surface area contributed by atoms with Crippen LogP contribution >= 0.6 is 0 Å². The molecule has 0 N–H and O–H groups in total. The largest absolute Gasteiger partial charge is 0.377 e. The van der Waals surface area contributed by atoms with Crippen LogP contribution in [0.1, 0.15) is 30.4 Å². The molecule has 0 bridgehead atoms. The number of benzene rings is 1. The summed E-state index contributed by atoms with van der Waals surface area (Å²) in [5.74, 6) is 0.307. The first-order valence-electron chi connectivity index (χ1n) is 5.27. The monoisotopic (exact) mass is 205 g/mol. The number of aryl methyl sites for hydroxylation is 1. The van der Waals surface area contributed by atoms with Crippen LogP contribution in [0.4, 0.5) is 5.69 Å². The highest BCUT2D eigenvalue weighted by molar-refractivity contribution is 5.56. The van der Waals surface area contributed by atoms with Gasteiger partial charge in [0, 0.05) is 26.2 Å². The molecule has 0 saturated heterocycles. The summed E-state index contributed by atoms with van der Waals surface area (Å²) in [6.45, 7) is 4.18. The molecule has 0 aliphatic rings. The van der Waals surface area contributed by atoms with Crippen LogP contribution in [0, 0.1) is 6.92 Å². The van der Waals surface area contributed by atoms with E-state index >= 15 is 0 Å². The second-order valence-corrected chi connectivity index (χ2v) is 4.24. The third kappa shape index (κ3) is 2.82. The minimum absolute atomic E-state index is 0.307. The van der Waals surface area contributed by atoms with Crippen LogP contribution in [-0.2, 0) is 4.79 Å². The lowest BCUT2D eigenvalue weighted by molar-refractivity contribution is -0.108. The van der Waals surface area contributed by atoms with Crippen LogP contribution < -0.4 is 4.90 Å². The van der Waals surface area contributed by atoms with E-state index in [-0.39, 0.29) is 0 Å². The molecular formula is C13H19NO. The van der Waals surface area contributed by atoms with Crippen molar-refractivity contribution in [1.29, 1.82) is 0 Å². The van der Waals surface area contributed by atoms with Gasteiger partial charge < -0.3 is 9.69 Å². The van der Waals surface area contributed by atoms with Gasteiger partial charge in [-0.05, 0) is 30.0 Å². The number of nitrogens with zero attached hydrogens (tertiary/aromatic N) is 1. The van der Waals surface area contributed by atoms with Crippen molar-refractivity contribution in [3.8, 4) is 0 Å². The van der Waals surface area contributed by atoms with Crippen LogP contribution in [0.2, 0.25) is 0 Å². The summed E-state index contributed by atoms with van der Waals surface area (Å²) in [5.41, 5.74) is 3.73. The number of aldehydes is 1. The van der Waals surface area contributed by atoms with Gasteiger partial charge in [-0.2, -0.15) is 0 Å². The number of anilines is 1. The third-order valence-corrected chi connectivity index (χ3v) is 2.73. The fraction of sp³-hybridized carbons (Fsp3) is 0.462. The van der Waals surface area contributed by atoms with Crippen molar-refractivity contribution in [2.75, 3.05) is 19.0 Å². The summed E-state index contributed by atoms with van der Waals surface area (Å²) in [7, 11) is 4.08. The van der Waals surface area contributed by atoms with Crippen LogP contribution in [0.5, 0.6) is 0 Å². The van der Waals surface area contributed by atoms with Crippen LogP contribution in [0.3, 0.4) is 0 Å². The summed E-state index contributed by atoms with van der Waals surface area (Å²) >= 11 is 0. The molecule has 0 heterocycles. The van der Waals surface area contributed by atoms with Gasteiger partial charge in [0.2, 0.25) is 0 Å². The molecule has 1 unspecified atom stereocenters. The average molecular weight is 205 g/mol. The molecule has 0 amide bonds. The molecule has 0 spiro atoms. The molecule has 0 saturated carbocycles. The zero-order valence-corrected chi connectivity index (χ0v) is 9.95. The van der Waals surface area contributed by atoms with E-state index in [0.29, 0.717) is 12.3 Å². The molecule has 0 aliphatic heterocycles. The standard InChI is InChI=1S/C13H19NO/c1-10(7-8-15)12-6-5-11(2)13(9-12)14(3)4/h5-6,8-10H,7H2,1-4H3. The first kappa shape index (κ1) is 11.8. The summed E-state index contributed by atoms with van der Waals surface area (Å²) in [4.78, 5) is 12.6. The number of hydrogen-bond donors (Lipinski definition) is 0. The molecule has 2 nitrogen and oxygen atoms in total.